The van der Waals surface area contributed by atoms with E-state index in [1.165, 1.54) is 37.1 Å². The monoisotopic (exact) mass is 218 g/mol. The summed E-state index contributed by atoms with van der Waals surface area (Å²) in [6.45, 7) is 4.45. The van der Waals surface area contributed by atoms with E-state index in [-0.39, 0.29) is 0 Å². The molecule has 2 rings (SSSR count). The summed E-state index contributed by atoms with van der Waals surface area (Å²) in [4.78, 5) is 2.56. The number of likely N-dealkylation sites (tertiary alicyclic amines) is 1. The van der Waals surface area contributed by atoms with E-state index >= 15 is 0 Å². The van der Waals surface area contributed by atoms with E-state index in [2.05, 4.69) is 29.2 Å². The van der Waals surface area contributed by atoms with Crippen molar-refractivity contribution < 1.29 is 0 Å². The molecule has 0 aromatic heterocycles. The number of benzene rings is 1. The van der Waals surface area contributed by atoms with Crippen LogP contribution in [-0.2, 0) is 13.0 Å². The first kappa shape index (κ1) is 11.6. The van der Waals surface area contributed by atoms with Crippen molar-refractivity contribution in [1.82, 2.24) is 4.90 Å². The lowest BCUT2D eigenvalue weighted by Gasteiger charge is -2.17. The summed E-state index contributed by atoms with van der Waals surface area (Å²) in [5.74, 6) is 0. The number of aryl methyl sites for hydroxylation is 1. The highest BCUT2D eigenvalue weighted by atomic mass is 15.1. The molecular formula is C14H22N2. The molecule has 88 valence electrons. The van der Waals surface area contributed by atoms with Gasteiger partial charge in [-0.25, -0.2) is 0 Å². The van der Waals surface area contributed by atoms with Gasteiger partial charge in [0.15, 0.2) is 0 Å². The number of nitrogens with zero attached hydrogens (tertiary/aromatic N) is 1. The lowest BCUT2D eigenvalue weighted by atomic mass is 10.0. The Balaban J connectivity index is 2.00. The first-order chi connectivity index (χ1) is 7.90. The summed E-state index contributed by atoms with van der Waals surface area (Å²) in [5, 5.41) is 0. The van der Waals surface area contributed by atoms with Gasteiger partial charge in [-0.2, -0.15) is 0 Å². The summed E-state index contributed by atoms with van der Waals surface area (Å²) in [5.41, 5.74) is 8.56. The van der Waals surface area contributed by atoms with Crippen LogP contribution in [0, 0.1) is 0 Å². The van der Waals surface area contributed by atoms with Crippen molar-refractivity contribution in [2.45, 2.75) is 32.2 Å². The molecule has 0 amide bonds. The van der Waals surface area contributed by atoms with Crippen LogP contribution in [0.4, 0.5) is 0 Å². The fourth-order valence-electron chi connectivity index (χ4n) is 2.43. The second kappa shape index (κ2) is 6.02. The molecule has 2 N–H and O–H groups in total. The van der Waals surface area contributed by atoms with Crippen molar-refractivity contribution in [2.75, 3.05) is 19.6 Å². The molecule has 1 aliphatic heterocycles. The minimum absolute atomic E-state index is 0.790. The average molecular weight is 218 g/mol. The molecule has 0 bridgehead atoms. The van der Waals surface area contributed by atoms with Gasteiger partial charge in [0.05, 0.1) is 0 Å². The Morgan fingerprint density at radius 1 is 1.06 bits per heavy atom. The minimum Gasteiger partial charge on any atom is -0.330 e. The van der Waals surface area contributed by atoms with Gasteiger partial charge in [-0.3, -0.25) is 4.90 Å². The van der Waals surface area contributed by atoms with Crippen molar-refractivity contribution in [2.24, 2.45) is 5.73 Å². The van der Waals surface area contributed by atoms with Gasteiger partial charge in [0, 0.05) is 6.54 Å². The summed E-state index contributed by atoms with van der Waals surface area (Å²) < 4.78 is 0. The number of nitrogens with two attached hydrogens (primary N) is 1. The van der Waals surface area contributed by atoms with Gasteiger partial charge in [-0.05, 0) is 56.4 Å². The first-order valence-corrected chi connectivity index (χ1v) is 6.39. The third-order valence-electron chi connectivity index (χ3n) is 3.36. The maximum atomic E-state index is 5.58. The number of rotatable bonds is 5. The Bertz CT molecular complexity index is 316. The quantitative estimate of drug-likeness (QED) is 0.820. The molecule has 0 saturated carbocycles. The van der Waals surface area contributed by atoms with Gasteiger partial charge in [-0.15, -0.1) is 0 Å². The molecule has 1 saturated heterocycles. The van der Waals surface area contributed by atoms with E-state index in [4.69, 9.17) is 5.73 Å². The summed E-state index contributed by atoms with van der Waals surface area (Å²) in [6.07, 6.45) is 4.95. The zero-order chi connectivity index (χ0) is 11.2. The zero-order valence-electron chi connectivity index (χ0n) is 9.99. The molecule has 0 spiro atoms. The molecule has 16 heavy (non-hydrogen) atoms. The van der Waals surface area contributed by atoms with Gasteiger partial charge < -0.3 is 5.73 Å². The fraction of sp³-hybridized carbons (Fsp3) is 0.571. The van der Waals surface area contributed by atoms with Crippen molar-refractivity contribution in [3.05, 3.63) is 35.4 Å². The summed E-state index contributed by atoms with van der Waals surface area (Å²) in [6, 6.07) is 8.81. The normalized spacial score (nSPS) is 16.8. The first-order valence-electron chi connectivity index (χ1n) is 6.39. The number of hydrogen-bond donors (Lipinski definition) is 1. The van der Waals surface area contributed by atoms with Crippen LogP contribution in [0.15, 0.2) is 24.3 Å². The van der Waals surface area contributed by atoms with Crippen LogP contribution in [-0.4, -0.2) is 24.5 Å². The third-order valence-corrected chi connectivity index (χ3v) is 3.36. The van der Waals surface area contributed by atoms with Gasteiger partial charge >= 0.3 is 0 Å². The molecule has 0 unspecified atom stereocenters. The number of hydrogen-bond acceptors (Lipinski definition) is 2. The Morgan fingerprint density at radius 2 is 1.75 bits per heavy atom. The predicted octanol–water partition coefficient (Wildman–Crippen LogP) is 2.17. The van der Waals surface area contributed by atoms with Crippen LogP contribution in [0.3, 0.4) is 0 Å². The molecular weight excluding hydrogens is 196 g/mol. The van der Waals surface area contributed by atoms with Crippen LogP contribution >= 0.6 is 0 Å². The van der Waals surface area contributed by atoms with Crippen molar-refractivity contribution >= 4 is 0 Å². The highest BCUT2D eigenvalue weighted by molar-refractivity contribution is 5.27. The summed E-state index contributed by atoms with van der Waals surface area (Å²) in [7, 11) is 0. The topological polar surface area (TPSA) is 29.3 Å². The van der Waals surface area contributed by atoms with E-state index in [0.29, 0.717) is 0 Å². The molecule has 1 aromatic carbocycles. The van der Waals surface area contributed by atoms with E-state index in [1.807, 2.05) is 0 Å². The zero-order valence-corrected chi connectivity index (χ0v) is 9.99. The van der Waals surface area contributed by atoms with Crippen LogP contribution < -0.4 is 5.73 Å². The molecule has 2 heteroatoms. The van der Waals surface area contributed by atoms with Crippen LogP contribution in [0.25, 0.3) is 0 Å². The Hall–Kier alpha value is -0.860. The minimum atomic E-state index is 0.790. The smallest absolute Gasteiger partial charge is 0.0236 e. The van der Waals surface area contributed by atoms with Crippen LogP contribution in [0.5, 0.6) is 0 Å². The van der Waals surface area contributed by atoms with E-state index in [0.717, 1.165) is 25.9 Å². The summed E-state index contributed by atoms with van der Waals surface area (Å²) >= 11 is 0. The Kier molecular flexibility index (Phi) is 4.37. The maximum absolute atomic E-state index is 5.58. The second-order valence-corrected chi connectivity index (χ2v) is 4.64. The molecule has 1 fully saturated rings. The molecule has 2 nitrogen and oxygen atoms in total. The van der Waals surface area contributed by atoms with Crippen molar-refractivity contribution in [3.8, 4) is 0 Å². The maximum Gasteiger partial charge on any atom is 0.0236 e. The fourth-order valence-corrected chi connectivity index (χ4v) is 2.43. The second-order valence-electron chi connectivity index (χ2n) is 4.64. The molecule has 0 atom stereocenters. The standard InChI is InChI=1S/C14H22N2/c15-9-5-8-13-6-1-2-7-14(13)12-16-10-3-4-11-16/h1-2,6-7H,3-5,8-12,15H2. The van der Waals surface area contributed by atoms with E-state index in [1.54, 1.807) is 0 Å². The SMILES string of the molecule is NCCCc1ccccc1CN1CCCC1. The Labute approximate surface area is 98.4 Å². The highest BCUT2D eigenvalue weighted by Crippen LogP contribution is 2.17. The van der Waals surface area contributed by atoms with Gasteiger partial charge in [0.1, 0.15) is 0 Å². The van der Waals surface area contributed by atoms with Crippen molar-refractivity contribution in [1.29, 1.82) is 0 Å². The largest absolute Gasteiger partial charge is 0.330 e. The Morgan fingerprint density at radius 3 is 2.44 bits per heavy atom. The predicted molar refractivity (Wildman–Crippen MR) is 68.3 cm³/mol. The highest BCUT2D eigenvalue weighted by Gasteiger charge is 2.13. The van der Waals surface area contributed by atoms with Crippen LogP contribution in [0.2, 0.25) is 0 Å². The molecule has 0 radical (unpaired) electrons. The molecule has 0 aliphatic carbocycles. The molecule has 1 aliphatic rings. The van der Waals surface area contributed by atoms with Gasteiger partial charge in [-0.1, -0.05) is 24.3 Å². The lowest BCUT2D eigenvalue weighted by Crippen LogP contribution is -2.19. The van der Waals surface area contributed by atoms with Crippen molar-refractivity contribution in [3.63, 3.8) is 0 Å². The van der Waals surface area contributed by atoms with E-state index in [9.17, 15) is 0 Å². The van der Waals surface area contributed by atoms with E-state index < -0.39 is 0 Å². The average Bonchev–Trinajstić information content (AvgIpc) is 2.81. The van der Waals surface area contributed by atoms with Gasteiger partial charge in [0.2, 0.25) is 0 Å². The molecule has 1 heterocycles. The third kappa shape index (κ3) is 3.06. The van der Waals surface area contributed by atoms with Crippen LogP contribution in [0.1, 0.15) is 30.4 Å². The van der Waals surface area contributed by atoms with Gasteiger partial charge in [0.25, 0.3) is 0 Å². The lowest BCUT2D eigenvalue weighted by molar-refractivity contribution is 0.330. The molecule has 1 aromatic rings.